The van der Waals surface area contributed by atoms with E-state index in [2.05, 4.69) is 34.1 Å². The van der Waals surface area contributed by atoms with Gasteiger partial charge in [0, 0.05) is 0 Å². The SMILES string of the molecule is CCCCCCCC(C[N+](C)(C)C)OB(Oc1ccccc1)Oc1ccccc1.[c-]1ccccc1. The van der Waals surface area contributed by atoms with E-state index in [4.69, 9.17) is 14.0 Å². The molecule has 0 aliphatic rings. The van der Waals surface area contributed by atoms with Gasteiger partial charge in [-0.15, -0.1) is 0 Å². The average Bonchev–Trinajstić information content (AvgIpc) is 2.85. The first-order valence-electron chi connectivity index (χ1n) is 12.8. The molecule has 3 aromatic carbocycles. The molecule has 0 fully saturated rings. The summed E-state index contributed by atoms with van der Waals surface area (Å²) in [7, 11) is 5.79. The topological polar surface area (TPSA) is 27.7 Å². The number of unbranched alkanes of at least 4 members (excludes halogenated alkanes) is 4. The van der Waals surface area contributed by atoms with E-state index >= 15 is 0 Å². The summed E-state index contributed by atoms with van der Waals surface area (Å²) in [4.78, 5) is 0. The van der Waals surface area contributed by atoms with Crippen molar-refractivity contribution in [2.75, 3.05) is 27.7 Å². The summed E-state index contributed by atoms with van der Waals surface area (Å²) < 4.78 is 19.3. The molecule has 0 radical (unpaired) electrons. The molecule has 0 heterocycles. The molecule has 0 aliphatic heterocycles. The molecule has 3 rings (SSSR count). The van der Waals surface area contributed by atoms with Crippen molar-refractivity contribution in [2.24, 2.45) is 0 Å². The van der Waals surface area contributed by atoms with Crippen LogP contribution >= 0.6 is 0 Å². The van der Waals surface area contributed by atoms with Gasteiger partial charge in [0.2, 0.25) is 0 Å². The van der Waals surface area contributed by atoms with E-state index in [-0.39, 0.29) is 6.10 Å². The Hall–Kier alpha value is -2.76. The van der Waals surface area contributed by atoms with Gasteiger partial charge in [-0.25, -0.2) is 0 Å². The molecule has 4 nitrogen and oxygen atoms in total. The first kappa shape index (κ1) is 28.5. The predicted molar refractivity (Wildman–Crippen MR) is 146 cm³/mol. The highest BCUT2D eigenvalue weighted by Crippen LogP contribution is 2.18. The minimum atomic E-state index is -0.785. The van der Waals surface area contributed by atoms with Crippen LogP contribution in [0.2, 0.25) is 0 Å². The molecule has 0 aromatic heterocycles. The number of hydrogen-bond acceptors (Lipinski definition) is 3. The van der Waals surface area contributed by atoms with E-state index in [1.54, 1.807) is 0 Å². The Kier molecular flexibility index (Phi) is 13.7. The average molecular weight is 475 g/mol. The van der Waals surface area contributed by atoms with Crippen LogP contribution in [0.25, 0.3) is 0 Å². The van der Waals surface area contributed by atoms with Crippen LogP contribution in [0.15, 0.2) is 91.0 Å². The van der Waals surface area contributed by atoms with Gasteiger partial charge >= 0.3 is 7.32 Å². The van der Waals surface area contributed by atoms with E-state index in [9.17, 15) is 0 Å². The molecule has 0 aliphatic carbocycles. The largest absolute Gasteiger partial charge is 0.788 e. The van der Waals surface area contributed by atoms with Gasteiger partial charge in [-0.1, -0.05) is 75.4 Å². The van der Waals surface area contributed by atoms with Gasteiger partial charge in [0.25, 0.3) is 0 Å². The molecule has 35 heavy (non-hydrogen) atoms. The van der Waals surface area contributed by atoms with Crippen molar-refractivity contribution in [1.82, 2.24) is 0 Å². The van der Waals surface area contributed by atoms with E-state index in [0.717, 1.165) is 35.4 Å². The van der Waals surface area contributed by atoms with Crippen LogP contribution in [0, 0.1) is 6.07 Å². The molecule has 0 saturated heterocycles. The van der Waals surface area contributed by atoms with Crippen molar-refractivity contribution in [1.29, 1.82) is 0 Å². The molecule has 0 spiro atoms. The van der Waals surface area contributed by atoms with Crippen molar-refractivity contribution in [2.45, 2.75) is 51.6 Å². The van der Waals surface area contributed by atoms with E-state index < -0.39 is 7.32 Å². The van der Waals surface area contributed by atoms with Crippen LogP contribution in [0.5, 0.6) is 11.5 Å². The second-order valence-electron chi connectivity index (χ2n) is 9.66. The van der Waals surface area contributed by atoms with Gasteiger partial charge in [0.05, 0.1) is 27.2 Å². The number of hydrogen-bond donors (Lipinski definition) is 0. The number of quaternary nitrogens is 1. The monoisotopic (exact) mass is 475 g/mol. The summed E-state index contributed by atoms with van der Waals surface area (Å²) in [5, 5.41) is 0. The van der Waals surface area contributed by atoms with Crippen LogP contribution in [-0.2, 0) is 4.65 Å². The molecule has 1 atom stereocenters. The molecular weight excluding hydrogens is 433 g/mol. The van der Waals surface area contributed by atoms with Crippen LogP contribution in [0.4, 0.5) is 0 Å². The second-order valence-corrected chi connectivity index (χ2v) is 9.66. The summed E-state index contributed by atoms with van der Waals surface area (Å²) in [6.07, 6.45) is 7.33. The van der Waals surface area contributed by atoms with Crippen LogP contribution in [0.3, 0.4) is 0 Å². The molecule has 0 N–H and O–H groups in total. The van der Waals surface area contributed by atoms with Gasteiger partial charge < -0.3 is 18.4 Å². The summed E-state index contributed by atoms with van der Waals surface area (Å²) >= 11 is 0. The lowest BCUT2D eigenvalue weighted by Crippen LogP contribution is -2.46. The van der Waals surface area contributed by atoms with Crippen molar-refractivity contribution < 1.29 is 18.4 Å². The Morgan fingerprint density at radius 1 is 0.714 bits per heavy atom. The lowest BCUT2D eigenvalue weighted by molar-refractivity contribution is -0.873. The van der Waals surface area contributed by atoms with Crippen LogP contribution in [0.1, 0.15) is 45.4 Å². The number of likely N-dealkylation sites (N-methyl/N-ethyl adjacent to an activating group) is 1. The number of rotatable bonds is 14. The maximum absolute atomic E-state index is 6.38. The first-order chi connectivity index (χ1) is 17.0. The van der Waals surface area contributed by atoms with Gasteiger partial charge in [-0.05, 0) is 30.7 Å². The molecule has 0 saturated carbocycles. The highest BCUT2D eigenvalue weighted by Gasteiger charge is 2.33. The van der Waals surface area contributed by atoms with Crippen molar-refractivity contribution in [3.63, 3.8) is 0 Å². The lowest BCUT2D eigenvalue weighted by atomic mass is 10.1. The normalized spacial score (nSPS) is 11.7. The zero-order valence-corrected chi connectivity index (χ0v) is 21.9. The molecule has 5 heteroatoms. The number of para-hydroxylation sites is 2. The fourth-order valence-electron chi connectivity index (χ4n) is 3.59. The highest BCUT2D eigenvalue weighted by atomic mass is 16.7. The van der Waals surface area contributed by atoms with Crippen LogP contribution < -0.4 is 9.31 Å². The summed E-state index contributed by atoms with van der Waals surface area (Å²) in [5.74, 6) is 1.47. The minimum Gasteiger partial charge on any atom is -0.501 e. The number of benzene rings is 3. The lowest BCUT2D eigenvalue weighted by Gasteiger charge is -2.30. The van der Waals surface area contributed by atoms with Crippen molar-refractivity contribution in [3.05, 3.63) is 97.1 Å². The number of nitrogens with zero attached hydrogens (tertiary/aromatic N) is 1. The molecule has 0 bridgehead atoms. The summed E-state index contributed by atoms with van der Waals surface area (Å²) in [5.41, 5.74) is 0. The highest BCUT2D eigenvalue weighted by molar-refractivity contribution is 6.38. The zero-order chi connectivity index (χ0) is 25.2. The van der Waals surface area contributed by atoms with Gasteiger partial charge in [-0.3, -0.25) is 0 Å². The Balaban J connectivity index is 0.000000625. The predicted octanol–water partition coefficient (Wildman–Crippen LogP) is 7.07. The van der Waals surface area contributed by atoms with Crippen molar-refractivity contribution in [3.8, 4) is 11.5 Å². The minimum absolute atomic E-state index is 0.0639. The van der Waals surface area contributed by atoms with Crippen LogP contribution in [-0.4, -0.2) is 45.6 Å². The van der Waals surface area contributed by atoms with E-state index in [1.807, 2.05) is 91.0 Å². The Bertz CT molecular complexity index is 804. The fourth-order valence-corrected chi connectivity index (χ4v) is 3.59. The van der Waals surface area contributed by atoms with Crippen molar-refractivity contribution >= 4 is 7.32 Å². The van der Waals surface area contributed by atoms with E-state index in [0.29, 0.717) is 0 Å². The van der Waals surface area contributed by atoms with Gasteiger partial charge in [-0.2, -0.15) is 36.4 Å². The first-order valence-corrected chi connectivity index (χ1v) is 12.8. The molecule has 188 valence electrons. The Labute approximate surface area is 213 Å². The smallest absolute Gasteiger partial charge is 0.501 e. The Morgan fingerprint density at radius 3 is 1.66 bits per heavy atom. The quantitative estimate of drug-likeness (QED) is 0.108. The maximum atomic E-state index is 6.38. The third-order valence-electron chi connectivity index (χ3n) is 5.24. The van der Waals surface area contributed by atoms with E-state index in [1.165, 1.54) is 25.7 Å². The molecule has 3 aromatic rings. The summed E-state index contributed by atoms with van der Waals surface area (Å²) in [6.45, 7) is 3.15. The standard InChI is InChI=1S/C24H37BNO3.C6H5/c1-5-6-7-8-11-20-24(21-26(2,3)4)29-25(27-22-16-12-9-13-17-22)28-23-18-14-10-15-19-23;1-2-4-6-5-3-1/h9-10,12-19,24H,5-8,11,20-21H2,1-4H3;1-5H/q+1;-1. The Morgan fingerprint density at radius 2 is 1.23 bits per heavy atom. The molecule has 0 amide bonds. The van der Waals surface area contributed by atoms with Gasteiger partial charge in [0.15, 0.2) is 0 Å². The molecular formula is C30H42BNO3. The van der Waals surface area contributed by atoms with Gasteiger partial charge in [0.1, 0.15) is 18.0 Å². The zero-order valence-electron chi connectivity index (χ0n) is 21.9. The fraction of sp³-hybridized carbons (Fsp3) is 0.400. The third kappa shape index (κ3) is 14.3. The molecule has 1 unspecified atom stereocenters. The third-order valence-corrected chi connectivity index (χ3v) is 5.24. The second kappa shape index (κ2) is 16.8. The summed E-state index contributed by atoms with van der Waals surface area (Å²) in [6, 6.07) is 31.9. The maximum Gasteiger partial charge on any atom is 0.788 e.